The highest BCUT2D eigenvalue weighted by Crippen LogP contribution is 2.29. The molecular weight excluding hydrogens is 431 g/mol. The van der Waals surface area contributed by atoms with Crippen LogP contribution in [0.1, 0.15) is 44.1 Å². The quantitative estimate of drug-likeness (QED) is 0.480. The van der Waals surface area contributed by atoms with E-state index in [1.54, 1.807) is 25.3 Å². The van der Waals surface area contributed by atoms with Crippen LogP contribution in [0.25, 0.3) is 0 Å². The minimum absolute atomic E-state index is 0.290. The van der Waals surface area contributed by atoms with Crippen LogP contribution in [0.2, 0.25) is 0 Å². The molecule has 34 heavy (non-hydrogen) atoms. The van der Waals surface area contributed by atoms with Gasteiger partial charge in [0.15, 0.2) is 11.6 Å². The van der Waals surface area contributed by atoms with Gasteiger partial charge in [0, 0.05) is 26.7 Å². The molecule has 2 fully saturated rings. The summed E-state index contributed by atoms with van der Waals surface area (Å²) in [5, 5.41) is 0. The molecule has 0 N–H and O–H groups in total. The number of rotatable bonds is 10. The lowest BCUT2D eigenvalue weighted by Gasteiger charge is -2.31. The van der Waals surface area contributed by atoms with Gasteiger partial charge in [0.2, 0.25) is 0 Å². The van der Waals surface area contributed by atoms with Gasteiger partial charge < -0.3 is 14.2 Å². The van der Waals surface area contributed by atoms with E-state index >= 15 is 0 Å². The predicted octanol–water partition coefficient (Wildman–Crippen LogP) is 5.14. The van der Waals surface area contributed by atoms with Gasteiger partial charge in [-0.1, -0.05) is 30.7 Å². The Bertz CT molecular complexity index is 872. The number of benzene rings is 2. The second-order valence-electron chi connectivity index (χ2n) is 9.63. The molecule has 0 radical (unpaired) electrons. The molecule has 2 aromatic carbocycles. The van der Waals surface area contributed by atoms with Crippen molar-refractivity contribution in [2.45, 2.75) is 50.7 Å². The topological polar surface area (TPSA) is 34.2 Å². The molecule has 0 saturated carbocycles. The van der Waals surface area contributed by atoms with Gasteiger partial charge in [-0.3, -0.25) is 9.80 Å². The van der Waals surface area contributed by atoms with Gasteiger partial charge in [-0.25, -0.2) is 4.39 Å². The van der Waals surface area contributed by atoms with Gasteiger partial charge in [0.05, 0.1) is 0 Å². The third-order valence-electron chi connectivity index (χ3n) is 7.21. The van der Waals surface area contributed by atoms with Crippen molar-refractivity contribution in [2.75, 3.05) is 53.0 Å². The lowest BCUT2D eigenvalue weighted by Crippen LogP contribution is -2.39. The summed E-state index contributed by atoms with van der Waals surface area (Å²) in [4.78, 5) is 4.97. The predicted molar refractivity (Wildman–Crippen MR) is 133 cm³/mol. The fraction of sp³-hybridized carbons (Fsp3) is 0.571. The van der Waals surface area contributed by atoms with Crippen LogP contribution >= 0.6 is 0 Å². The van der Waals surface area contributed by atoms with Crippen LogP contribution in [0.4, 0.5) is 4.39 Å². The first-order valence-electron chi connectivity index (χ1n) is 12.7. The van der Waals surface area contributed by atoms with Crippen molar-refractivity contribution in [2.24, 2.45) is 0 Å². The minimum Gasteiger partial charge on any atom is -0.492 e. The lowest BCUT2D eigenvalue weighted by atomic mass is 9.95. The largest absolute Gasteiger partial charge is 0.492 e. The maximum Gasteiger partial charge on any atom is 0.165 e. The zero-order valence-corrected chi connectivity index (χ0v) is 20.5. The molecule has 6 heteroatoms. The smallest absolute Gasteiger partial charge is 0.165 e. The lowest BCUT2D eigenvalue weighted by molar-refractivity contribution is -0.0548. The highest BCUT2D eigenvalue weighted by molar-refractivity contribution is 5.27. The number of ether oxygens (including phenoxy) is 3. The van der Waals surface area contributed by atoms with Crippen LogP contribution in [-0.4, -0.2) is 68.4 Å². The summed E-state index contributed by atoms with van der Waals surface area (Å²) in [5.74, 6) is 0.904. The molecule has 2 aliphatic rings. The summed E-state index contributed by atoms with van der Waals surface area (Å²) in [7, 11) is 1.74. The molecule has 2 aromatic rings. The first-order valence-corrected chi connectivity index (χ1v) is 12.7. The van der Waals surface area contributed by atoms with Crippen molar-refractivity contribution in [1.29, 1.82) is 0 Å². The zero-order valence-electron chi connectivity index (χ0n) is 20.5. The second-order valence-corrected chi connectivity index (χ2v) is 9.63. The molecule has 1 unspecified atom stereocenters. The van der Waals surface area contributed by atoms with E-state index in [-0.39, 0.29) is 11.4 Å². The summed E-state index contributed by atoms with van der Waals surface area (Å²) < 4.78 is 31.7. The number of halogens is 1. The third-order valence-corrected chi connectivity index (χ3v) is 7.21. The molecule has 2 heterocycles. The Morgan fingerprint density at radius 1 is 0.824 bits per heavy atom. The number of nitrogens with zero attached hydrogens (tertiary/aromatic N) is 2. The fourth-order valence-corrected chi connectivity index (χ4v) is 4.98. The van der Waals surface area contributed by atoms with E-state index < -0.39 is 0 Å². The Balaban J connectivity index is 1.23. The molecule has 5 nitrogen and oxygen atoms in total. The Labute approximate surface area is 203 Å². The number of likely N-dealkylation sites (tertiary alicyclic amines) is 2. The summed E-state index contributed by atoms with van der Waals surface area (Å²) in [5.41, 5.74) is 0.902. The van der Waals surface area contributed by atoms with E-state index in [2.05, 4.69) is 34.1 Å². The molecule has 0 spiro atoms. The fourth-order valence-electron chi connectivity index (χ4n) is 4.98. The van der Waals surface area contributed by atoms with Crippen LogP contribution in [0.5, 0.6) is 11.5 Å². The van der Waals surface area contributed by atoms with Crippen molar-refractivity contribution >= 4 is 0 Å². The third kappa shape index (κ3) is 7.17. The molecule has 0 bridgehead atoms. The maximum atomic E-state index is 14.0. The molecule has 1 atom stereocenters. The standard InChI is InChI=1S/C28H39FN2O3/c1-32-28(23-34-27-9-4-3-8-26(27)29)14-7-18-31(19-15-28)22-24-10-12-25(13-11-24)33-21-20-30-16-5-2-6-17-30/h3-4,8-13H,2,5-7,14-23H2,1H3. The molecular formula is C28H39FN2O3. The summed E-state index contributed by atoms with van der Waals surface area (Å²) in [6.45, 7) is 7.37. The number of methoxy groups -OCH3 is 1. The molecule has 2 saturated heterocycles. The highest BCUT2D eigenvalue weighted by atomic mass is 19.1. The monoisotopic (exact) mass is 470 g/mol. The maximum absolute atomic E-state index is 14.0. The van der Waals surface area contributed by atoms with E-state index in [0.29, 0.717) is 12.4 Å². The zero-order chi connectivity index (χ0) is 23.6. The van der Waals surface area contributed by atoms with E-state index in [1.807, 2.05) is 0 Å². The van der Waals surface area contributed by atoms with Crippen molar-refractivity contribution in [3.63, 3.8) is 0 Å². The van der Waals surface area contributed by atoms with E-state index in [1.165, 1.54) is 44.0 Å². The number of hydrogen-bond donors (Lipinski definition) is 0. The van der Waals surface area contributed by atoms with Crippen molar-refractivity contribution < 1.29 is 18.6 Å². The number of para-hydroxylation sites is 1. The van der Waals surface area contributed by atoms with E-state index in [9.17, 15) is 4.39 Å². The summed E-state index contributed by atoms with van der Waals surface area (Å²) in [6, 6.07) is 15.1. The van der Waals surface area contributed by atoms with Gasteiger partial charge >= 0.3 is 0 Å². The molecule has 4 rings (SSSR count). The average Bonchev–Trinajstić information content (AvgIpc) is 3.08. The molecule has 0 aliphatic carbocycles. The summed E-state index contributed by atoms with van der Waals surface area (Å²) in [6.07, 6.45) is 6.77. The van der Waals surface area contributed by atoms with Crippen LogP contribution in [-0.2, 0) is 11.3 Å². The number of piperidine rings is 1. The Hall–Kier alpha value is -2.15. The van der Waals surface area contributed by atoms with Crippen LogP contribution in [0.3, 0.4) is 0 Å². The van der Waals surface area contributed by atoms with Crippen LogP contribution in [0, 0.1) is 5.82 Å². The first-order chi connectivity index (χ1) is 16.7. The summed E-state index contributed by atoms with van der Waals surface area (Å²) >= 11 is 0. The van der Waals surface area contributed by atoms with Gasteiger partial charge in [0.25, 0.3) is 0 Å². The molecule has 0 amide bonds. The van der Waals surface area contributed by atoms with Gasteiger partial charge in [-0.15, -0.1) is 0 Å². The minimum atomic E-state index is -0.386. The molecule has 2 aliphatic heterocycles. The van der Waals surface area contributed by atoms with Crippen molar-refractivity contribution in [3.8, 4) is 11.5 Å². The molecule has 0 aromatic heterocycles. The Morgan fingerprint density at radius 2 is 1.59 bits per heavy atom. The van der Waals surface area contributed by atoms with Gasteiger partial charge in [-0.2, -0.15) is 0 Å². The van der Waals surface area contributed by atoms with Gasteiger partial charge in [-0.05, 0) is 81.6 Å². The Kier molecular flexibility index (Phi) is 9.19. The van der Waals surface area contributed by atoms with Gasteiger partial charge in [0.1, 0.15) is 24.6 Å². The van der Waals surface area contributed by atoms with Crippen molar-refractivity contribution in [3.05, 3.63) is 59.9 Å². The molecule has 186 valence electrons. The first kappa shape index (κ1) is 25.0. The van der Waals surface area contributed by atoms with Crippen molar-refractivity contribution in [1.82, 2.24) is 9.80 Å². The van der Waals surface area contributed by atoms with E-state index in [4.69, 9.17) is 14.2 Å². The normalized spacial score (nSPS) is 22.3. The van der Waals surface area contributed by atoms with Crippen LogP contribution in [0.15, 0.2) is 48.5 Å². The van der Waals surface area contributed by atoms with Crippen LogP contribution < -0.4 is 9.47 Å². The second kappa shape index (κ2) is 12.5. The highest BCUT2D eigenvalue weighted by Gasteiger charge is 2.34. The SMILES string of the molecule is COC1(COc2ccccc2F)CCCN(Cc2ccc(OCCN3CCCCC3)cc2)CC1. The average molecular weight is 471 g/mol. The number of hydrogen-bond acceptors (Lipinski definition) is 5. The Morgan fingerprint density at radius 3 is 2.35 bits per heavy atom. The van der Waals surface area contributed by atoms with E-state index in [0.717, 1.165) is 57.8 Å².